The van der Waals surface area contributed by atoms with E-state index in [1.54, 1.807) is 13.2 Å². The Balaban J connectivity index is 2.09. The third kappa shape index (κ3) is 3.06. The lowest BCUT2D eigenvalue weighted by atomic mass is 9.75. The zero-order valence-electron chi connectivity index (χ0n) is 11.5. The number of nitrogens with one attached hydrogen (secondary N) is 1. The molecule has 0 aromatic carbocycles. The summed E-state index contributed by atoms with van der Waals surface area (Å²) in [5.41, 5.74) is 7.03. The summed E-state index contributed by atoms with van der Waals surface area (Å²) in [5.74, 6) is 1.35. The van der Waals surface area contributed by atoms with E-state index in [4.69, 9.17) is 10.5 Å². The molecule has 4 heteroatoms. The van der Waals surface area contributed by atoms with Gasteiger partial charge in [0.05, 0.1) is 12.8 Å². The van der Waals surface area contributed by atoms with E-state index >= 15 is 0 Å². The molecule has 18 heavy (non-hydrogen) atoms. The molecule has 1 unspecified atom stereocenters. The highest BCUT2D eigenvalue weighted by atomic mass is 16.5. The summed E-state index contributed by atoms with van der Waals surface area (Å²) in [6, 6.07) is 4.07. The van der Waals surface area contributed by atoms with Crippen LogP contribution in [-0.2, 0) is 0 Å². The van der Waals surface area contributed by atoms with Crippen LogP contribution in [0, 0.1) is 5.41 Å². The molecule has 0 aliphatic heterocycles. The standard InChI is InChI=1S/C14H23N3O/c1-14(2)8-4-5-10(9-14)16-13-11(15)6-7-12(17-13)18-3/h6-7,10H,4-5,8-9,15H2,1-3H3,(H,16,17). The molecular formula is C14H23N3O. The number of methoxy groups -OCH3 is 1. The third-order valence-electron chi connectivity index (χ3n) is 3.66. The number of nitrogens with zero attached hydrogens (tertiary/aromatic N) is 1. The minimum Gasteiger partial charge on any atom is -0.481 e. The van der Waals surface area contributed by atoms with Gasteiger partial charge >= 0.3 is 0 Å². The van der Waals surface area contributed by atoms with Gasteiger partial charge in [-0.05, 0) is 30.7 Å². The van der Waals surface area contributed by atoms with E-state index in [9.17, 15) is 0 Å². The molecule has 0 radical (unpaired) electrons. The quantitative estimate of drug-likeness (QED) is 0.864. The van der Waals surface area contributed by atoms with Crippen molar-refractivity contribution in [3.05, 3.63) is 12.1 Å². The molecule has 1 saturated carbocycles. The van der Waals surface area contributed by atoms with Crippen molar-refractivity contribution in [2.24, 2.45) is 5.41 Å². The Morgan fingerprint density at radius 1 is 1.44 bits per heavy atom. The van der Waals surface area contributed by atoms with Gasteiger partial charge in [0.15, 0.2) is 5.82 Å². The van der Waals surface area contributed by atoms with E-state index in [2.05, 4.69) is 24.1 Å². The van der Waals surface area contributed by atoms with Gasteiger partial charge in [0.25, 0.3) is 0 Å². The molecule has 1 aliphatic carbocycles. The molecule has 0 amide bonds. The SMILES string of the molecule is COc1ccc(N)c(NC2CCCC(C)(C)C2)n1. The number of ether oxygens (including phenoxy) is 1. The Labute approximate surface area is 109 Å². The molecule has 1 fully saturated rings. The summed E-state index contributed by atoms with van der Waals surface area (Å²) in [7, 11) is 1.62. The minimum absolute atomic E-state index is 0.406. The van der Waals surface area contributed by atoms with Gasteiger partial charge in [-0.15, -0.1) is 0 Å². The van der Waals surface area contributed by atoms with Crippen LogP contribution in [0.15, 0.2) is 12.1 Å². The van der Waals surface area contributed by atoms with Crippen LogP contribution in [0.4, 0.5) is 11.5 Å². The van der Waals surface area contributed by atoms with Gasteiger partial charge in [0, 0.05) is 12.1 Å². The highest BCUT2D eigenvalue weighted by Gasteiger charge is 2.28. The van der Waals surface area contributed by atoms with Gasteiger partial charge in [-0.25, -0.2) is 0 Å². The number of rotatable bonds is 3. The van der Waals surface area contributed by atoms with Crippen LogP contribution in [0.5, 0.6) is 5.88 Å². The summed E-state index contributed by atoms with van der Waals surface area (Å²) in [6.07, 6.45) is 4.90. The van der Waals surface area contributed by atoms with E-state index in [1.165, 1.54) is 19.3 Å². The predicted molar refractivity (Wildman–Crippen MR) is 74.9 cm³/mol. The van der Waals surface area contributed by atoms with Gasteiger partial charge in [-0.2, -0.15) is 4.98 Å². The summed E-state index contributed by atoms with van der Waals surface area (Å²) in [5, 5.41) is 3.46. The third-order valence-corrected chi connectivity index (χ3v) is 3.66. The van der Waals surface area contributed by atoms with E-state index in [0.717, 1.165) is 12.2 Å². The van der Waals surface area contributed by atoms with Gasteiger partial charge in [0.1, 0.15) is 0 Å². The summed E-state index contributed by atoms with van der Waals surface area (Å²) in [4.78, 5) is 4.37. The van der Waals surface area contributed by atoms with Gasteiger partial charge in [-0.3, -0.25) is 0 Å². The summed E-state index contributed by atoms with van der Waals surface area (Å²) >= 11 is 0. The van der Waals surface area contributed by atoms with E-state index in [-0.39, 0.29) is 0 Å². The first kappa shape index (κ1) is 13.0. The second-order valence-corrected chi connectivity index (χ2v) is 5.89. The van der Waals surface area contributed by atoms with E-state index < -0.39 is 0 Å². The number of hydrogen-bond acceptors (Lipinski definition) is 4. The number of hydrogen-bond donors (Lipinski definition) is 2. The molecule has 1 aromatic rings. The van der Waals surface area contributed by atoms with Crippen molar-refractivity contribution >= 4 is 11.5 Å². The molecule has 1 atom stereocenters. The fourth-order valence-corrected chi connectivity index (χ4v) is 2.70. The molecular weight excluding hydrogens is 226 g/mol. The molecule has 4 nitrogen and oxygen atoms in total. The average Bonchev–Trinajstić information content (AvgIpc) is 2.31. The maximum absolute atomic E-state index is 5.95. The minimum atomic E-state index is 0.406. The Kier molecular flexibility index (Phi) is 3.64. The van der Waals surface area contributed by atoms with Crippen molar-refractivity contribution in [1.82, 2.24) is 4.98 Å². The first-order valence-corrected chi connectivity index (χ1v) is 6.57. The average molecular weight is 249 g/mol. The molecule has 0 spiro atoms. The molecule has 0 bridgehead atoms. The fraction of sp³-hybridized carbons (Fsp3) is 0.643. The number of anilines is 2. The number of aromatic nitrogens is 1. The first-order chi connectivity index (χ1) is 8.50. The maximum atomic E-state index is 5.95. The molecule has 1 aromatic heterocycles. The normalized spacial score (nSPS) is 22.5. The fourth-order valence-electron chi connectivity index (χ4n) is 2.70. The lowest BCUT2D eigenvalue weighted by Gasteiger charge is -2.35. The Hall–Kier alpha value is -1.45. The van der Waals surface area contributed by atoms with Crippen LogP contribution in [0.2, 0.25) is 0 Å². The van der Waals surface area contributed by atoms with Crippen molar-refractivity contribution in [2.75, 3.05) is 18.2 Å². The number of nitrogen functional groups attached to an aromatic ring is 1. The van der Waals surface area contributed by atoms with Crippen molar-refractivity contribution in [3.8, 4) is 5.88 Å². The number of nitrogens with two attached hydrogens (primary N) is 1. The van der Waals surface area contributed by atoms with Crippen molar-refractivity contribution in [1.29, 1.82) is 0 Å². The second-order valence-electron chi connectivity index (χ2n) is 5.89. The van der Waals surface area contributed by atoms with Crippen LogP contribution in [0.25, 0.3) is 0 Å². The van der Waals surface area contributed by atoms with Gasteiger partial charge in [-0.1, -0.05) is 20.3 Å². The Bertz CT molecular complexity index is 418. The van der Waals surface area contributed by atoms with E-state index in [0.29, 0.717) is 23.0 Å². The second kappa shape index (κ2) is 5.04. The summed E-state index contributed by atoms with van der Waals surface area (Å²) in [6.45, 7) is 4.65. The van der Waals surface area contributed by atoms with Gasteiger partial charge < -0.3 is 15.8 Å². The lowest BCUT2D eigenvalue weighted by molar-refractivity contribution is 0.229. The van der Waals surface area contributed by atoms with Crippen LogP contribution in [0.3, 0.4) is 0 Å². The van der Waals surface area contributed by atoms with Crippen molar-refractivity contribution < 1.29 is 4.74 Å². The van der Waals surface area contributed by atoms with Gasteiger partial charge in [0.2, 0.25) is 5.88 Å². The van der Waals surface area contributed by atoms with Crippen LogP contribution < -0.4 is 15.8 Å². The smallest absolute Gasteiger partial charge is 0.215 e. The monoisotopic (exact) mass is 249 g/mol. The molecule has 2 rings (SSSR count). The van der Waals surface area contributed by atoms with Crippen molar-refractivity contribution in [3.63, 3.8) is 0 Å². The van der Waals surface area contributed by atoms with Crippen LogP contribution in [0.1, 0.15) is 39.5 Å². The van der Waals surface area contributed by atoms with Crippen LogP contribution in [-0.4, -0.2) is 18.1 Å². The molecule has 1 aliphatic rings. The largest absolute Gasteiger partial charge is 0.481 e. The molecule has 0 saturated heterocycles. The Morgan fingerprint density at radius 2 is 2.22 bits per heavy atom. The lowest BCUT2D eigenvalue weighted by Crippen LogP contribution is -2.32. The zero-order valence-corrected chi connectivity index (χ0v) is 11.5. The Morgan fingerprint density at radius 3 is 2.89 bits per heavy atom. The topological polar surface area (TPSA) is 60.2 Å². The molecule has 1 heterocycles. The maximum Gasteiger partial charge on any atom is 0.215 e. The first-order valence-electron chi connectivity index (χ1n) is 6.57. The summed E-state index contributed by atoms with van der Waals surface area (Å²) < 4.78 is 5.13. The highest BCUT2D eigenvalue weighted by Crippen LogP contribution is 2.36. The number of pyridine rings is 1. The predicted octanol–water partition coefficient (Wildman–Crippen LogP) is 3.05. The van der Waals surface area contributed by atoms with E-state index in [1.807, 2.05) is 6.07 Å². The molecule has 3 N–H and O–H groups in total. The highest BCUT2D eigenvalue weighted by molar-refractivity contribution is 5.62. The molecule has 100 valence electrons. The van der Waals surface area contributed by atoms with Crippen LogP contribution >= 0.6 is 0 Å². The van der Waals surface area contributed by atoms with Crippen molar-refractivity contribution in [2.45, 2.75) is 45.6 Å². The zero-order chi connectivity index (χ0) is 13.2.